The van der Waals surface area contributed by atoms with Crippen LogP contribution in [0.5, 0.6) is 0 Å². The highest BCUT2D eigenvalue weighted by atomic mass is 15.2. The Morgan fingerprint density at radius 1 is 1.33 bits per heavy atom. The topological polar surface area (TPSA) is 67.6 Å². The summed E-state index contributed by atoms with van der Waals surface area (Å²) in [5, 5.41) is 7.50. The van der Waals surface area contributed by atoms with Crippen molar-refractivity contribution >= 4 is 0 Å². The van der Waals surface area contributed by atoms with Crippen LogP contribution in [-0.4, -0.2) is 21.7 Å². The second-order valence-corrected chi connectivity index (χ2v) is 5.51. The quantitative estimate of drug-likeness (QED) is 0.782. The van der Waals surface area contributed by atoms with Gasteiger partial charge in [-0.2, -0.15) is 5.10 Å². The van der Waals surface area contributed by atoms with Crippen LogP contribution in [0.2, 0.25) is 0 Å². The lowest BCUT2D eigenvalue weighted by molar-refractivity contribution is 0.439. The largest absolute Gasteiger partial charge is 0.330 e. The van der Waals surface area contributed by atoms with Crippen LogP contribution < -0.4 is 5.73 Å². The van der Waals surface area contributed by atoms with Gasteiger partial charge in [0.1, 0.15) is 5.82 Å². The molecule has 0 aromatic carbocycles. The van der Waals surface area contributed by atoms with Crippen LogP contribution in [0, 0.1) is 5.92 Å². The molecule has 1 saturated carbocycles. The third-order valence-corrected chi connectivity index (χ3v) is 4.21. The van der Waals surface area contributed by atoms with Crippen molar-refractivity contribution in [2.24, 2.45) is 11.7 Å². The number of hydrogen-bond acceptors (Lipinski definition) is 3. The molecule has 0 aliphatic heterocycles. The number of H-pyrrole nitrogens is 1. The molecule has 4 nitrogen and oxygen atoms in total. The molecule has 1 aliphatic carbocycles. The van der Waals surface area contributed by atoms with Crippen LogP contribution in [0.25, 0.3) is 0 Å². The number of nitrogens with zero attached hydrogens (tertiary/aromatic N) is 2. The Bertz CT molecular complexity index is 341. The fraction of sp³-hybridized carbons (Fsp3) is 0.857. The van der Waals surface area contributed by atoms with E-state index in [4.69, 9.17) is 5.73 Å². The monoisotopic (exact) mass is 250 g/mol. The van der Waals surface area contributed by atoms with Gasteiger partial charge in [0, 0.05) is 12.3 Å². The van der Waals surface area contributed by atoms with Gasteiger partial charge >= 0.3 is 0 Å². The van der Waals surface area contributed by atoms with E-state index in [1.165, 1.54) is 38.5 Å². The van der Waals surface area contributed by atoms with Crippen LogP contribution >= 0.6 is 0 Å². The minimum atomic E-state index is 0.612. The summed E-state index contributed by atoms with van der Waals surface area (Å²) in [5.74, 6) is 3.46. The molecule has 1 aromatic heterocycles. The molecule has 0 amide bonds. The predicted octanol–water partition coefficient (Wildman–Crippen LogP) is 2.77. The van der Waals surface area contributed by atoms with E-state index in [0.29, 0.717) is 5.92 Å². The van der Waals surface area contributed by atoms with Gasteiger partial charge in [-0.25, -0.2) is 4.98 Å². The zero-order valence-electron chi connectivity index (χ0n) is 11.5. The molecule has 0 saturated heterocycles. The number of nitrogens with one attached hydrogen (secondary N) is 1. The Balaban J connectivity index is 1.82. The third kappa shape index (κ3) is 3.55. The van der Waals surface area contributed by atoms with Crippen LogP contribution in [0.3, 0.4) is 0 Å². The van der Waals surface area contributed by atoms with E-state index >= 15 is 0 Å². The van der Waals surface area contributed by atoms with Crippen molar-refractivity contribution in [3.8, 4) is 0 Å². The Morgan fingerprint density at radius 3 is 2.78 bits per heavy atom. The first kappa shape index (κ1) is 13.5. The maximum atomic E-state index is 5.62. The second kappa shape index (κ2) is 6.88. The van der Waals surface area contributed by atoms with E-state index in [9.17, 15) is 0 Å². The highest BCUT2D eigenvalue weighted by Gasteiger charge is 2.21. The molecule has 0 spiro atoms. The fourth-order valence-corrected chi connectivity index (χ4v) is 2.92. The zero-order chi connectivity index (χ0) is 12.8. The first-order valence-electron chi connectivity index (χ1n) is 7.44. The molecule has 3 N–H and O–H groups in total. The van der Waals surface area contributed by atoms with Crippen LogP contribution in [0.15, 0.2) is 0 Å². The number of nitrogens with two attached hydrogens (primary N) is 1. The second-order valence-electron chi connectivity index (χ2n) is 5.51. The highest BCUT2D eigenvalue weighted by Crippen LogP contribution is 2.31. The Labute approximate surface area is 110 Å². The van der Waals surface area contributed by atoms with Crippen molar-refractivity contribution in [3.05, 3.63) is 11.6 Å². The maximum absolute atomic E-state index is 5.62. The van der Waals surface area contributed by atoms with Gasteiger partial charge in [0.05, 0.1) is 0 Å². The standard InChI is InChI=1S/C14H26N4/c1-2-11(9-10-15)7-8-13-16-14(18-17-13)12-5-3-4-6-12/h11-12H,2-10,15H2,1H3,(H,16,17,18). The van der Waals surface area contributed by atoms with E-state index in [1.54, 1.807) is 0 Å². The van der Waals surface area contributed by atoms with Crippen molar-refractivity contribution in [1.29, 1.82) is 0 Å². The molecule has 2 rings (SSSR count). The molecule has 102 valence electrons. The lowest BCUT2D eigenvalue weighted by Gasteiger charge is -2.11. The van der Waals surface area contributed by atoms with Crippen molar-refractivity contribution < 1.29 is 0 Å². The van der Waals surface area contributed by atoms with E-state index < -0.39 is 0 Å². The lowest BCUT2D eigenvalue weighted by atomic mass is 9.96. The summed E-state index contributed by atoms with van der Waals surface area (Å²) in [6.45, 7) is 3.03. The number of rotatable bonds is 7. The van der Waals surface area contributed by atoms with E-state index in [2.05, 4.69) is 22.1 Å². The first-order valence-corrected chi connectivity index (χ1v) is 7.44. The third-order valence-electron chi connectivity index (χ3n) is 4.21. The van der Waals surface area contributed by atoms with Gasteiger partial charge in [-0.1, -0.05) is 26.2 Å². The van der Waals surface area contributed by atoms with Gasteiger partial charge in [-0.05, 0) is 38.1 Å². The van der Waals surface area contributed by atoms with Crippen LogP contribution in [0.4, 0.5) is 0 Å². The van der Waals surface area contributed by atoms with Crippen molar-refractivity contribution in [2.75, 3.05) is 6.54 Å². The summed E-state index contributed by atoms with van der Waals surface area (Å²) in [5.41, 5.74) is 5.62. The van der Waals surface area contributed by atoms with Crippen molar-refractivity contribution in [2.45, 2.75) is 64.2 Å². The average molecular weight is 250 g/mol. The number of aryl methyl sites for hydroxylation is 1. The van der Waals surface area contributed by atoms with Gasteiger partial charge in [-0.15, -0.1) is 0 Å². The average Bonchev–Trinajstić information content (AvgIpc) is 3.04. The molecule has 18 heavy (non-hydrogen) atoms. The zero-order valence-corrected chi connectivity index (χ0v) is 11.5. The molecule has 1 fully saturated rings. The van der Waals surface area contributed by atoms with E-state index in [1.807, 2.05) is 0 Å². The molecule has 1 atom stereocenters. The smallest absolute Gasteiger partial charge is 0.153 e. The molecule has 1 aliphatic rings. The number of aromatic nitrogens is 3. The molecule has 0 radical (unpaired) electrons. The minimum absolute atomic E-state index is 0.612. The van der Waals surface area contributed by atoms with E-state index in [0.717, 1.165) is 37.0 Å². The highest BCUT2D eigenvalue weighted by molar-refractivity contribution is 5.00. The van der Waals surface area contributed by atoms with Gasteiger partial charge in [0.2, 0.25) is 0 Å². The summed E-state index contributed by atoms with van der Waals surface area (Å²) < 4.78 is 0. The van der Waals surface area contributed by atoms with Crippen LogP contribution in [-0.2, 0) is 6.42 Å². The lowest BCUT2D eigenvalue weighted by Crippen LogP contribution is -2.09. The van der Waals surface area contributed by atoms with Gasteiger partial charge < -0.3 is 5.73 Å². The summed E-state index contributed by atoms with van der Waals surface area (Å²) in [4.78, 5) is 4.66. The number of hydrogen-bond donors (Lipinski definition) is 2. The Morgan fingerprint density at radius 2 is 2.11 bits per heavy atom. The molecule has 1 unspecified atom stereocenters. The summed E-state index contributed by atoms with van der Waals surface area (Å²) in [6, 6.07) is 0. The Hall–Kier alpha value is -0.900. The van der Waals surface area contributed by atoms with Crippen LogP contribution in [0.1, 0.15) is 69.4 Å². The molecule has 1 heterocycles. The van der Waals surface area contributed by atoms with E-state index in [-0.39, 0.29) is 0 Å². The molecule has 4 heteroatoms. The van der Waals surface area contributed by atoms with Crippen molar-refractivity contribution in [1.82, 2.24) is 15.2 Å². The Kier molecular flexibility index (Phi) is 5.17. The maximum Gasteiger partial charge on any atom is 0.153 e. The minimum Gasteiger partial charge on any atom is -0.330 e. The summed E-state index contributed by atoms with van der Waals surface area (Å²) in [6.07, 6.45) is 9.72. The van der Waals surface area contributed by atoms with Gasteiger partial charge in [0.15, 0.2) is 5.82 Å². The summed E-state index contributed by atoms with van der Waals surface area (Å²) in [7, 11) is 0. The molecule has 0 bridgehead atoms. The molecule has 1 aromatic rings. The normalized spacial score (nSPS) is 18.3. The molecular formula is C14H26N4. The van der Waals surface area contributed by atoms with Gasteiger partial charge in [0.25, 0.3) is 0 Å². The van der Waals surface area contributed by atoms with Crippen molar-refractivity contribution in [3.63, 3.8) is 0 Å². The SMILES string of the molecule is CCC(CCN)CCc1nc(C2CCCC2)n[nH]1. The van der Waals surface area contributed by atoms with Gasteiger partial charge in [-0.3, -0.25) is 5.10 Å². The molecular weight excluding hydrogens is 224 g/mol. The first-order chi connectivity index (χ1) is 8.83. The summed E-state index contributed by atoms with van der Waals surface area (Å²) >= 11 is 0. The predicted molar refractivity (Wildman–Crippen MR) is 73.4 cm³/mol. The number of aromatic amines is 1. The fourth-order valence-electron chi connectivity index (χ4n) is 2.92.